The number of amides is 1. The topological polar surface area (TPSA) is 54.0 Å². The van der Waals surface area contributed by atoms with Gasteiger partial charge in [-0.1, -0.05) is 11.6 Å². The van der Waals surface area contributed by atoms with Gasteiger partial charge in [-0.15, -0.1) is 0 Å². The molecule has 0 aliphatic rings. The van der Waals surface area contributed by atoms with E-state index in [4.69, 9.17) is 11.6 Å². The van der Waals surface area contributed by atoms with E-state index in [1.54, 1.807) is 0 Å². The van der Waals surface area contributed by atoms with E-state index in [0.717, 1.165) is 0 Å². The Bertz CT molecular complexity index is 398. The van der Waals surface area contributed by atoms with Crippen molar-refractivity contribution in [3.05, 3.63) is 23.1 Å². The van der Waals surface area contributed by atoms with Crippen molar-refractivity contribution < 1.29 is 9.18 Å². The van der Waals surface area contributed by atoms with Crippen molar-refractivity contribution in [2.45, 2.75) is 26.3 Å². The number of pyridine rings is 1. The molecule has 94 valence electrons. The number of nitrogens with zero attached hydrogens (tertiary/aromatic N) is 1. The molecule has 0 unspecified atom stereocenters. The minimum atomic E-state index is -0.526. The maximum atomic E-state index is 13.3. The van der Waals surface area contributed by atoms with Crippen molar-refractivity contribution in [1.29, 1.82) is 0 Å². The summed E-state index contributed by atoms with van der Waals surface area (Å²) in [6.45, 7) is 4.08. The number of nitrogens with one attached hydrogen (secondary N) is 2. The SMILES string of the molecule is CC(C)NC(=O)CCNc1ncc(Cl)cc1F. The van der Waals surface area contributed by atoms with Gasteiger partial charge in [-0.25, -0.2) is 9.37 Å². The van der Waals surface area contributed by atoms with Crippen LogP contribution in [-0.2, 0) is 4.79 Å². The van der Waals surface area contributed by atoms with Crippen LogP contribution < -0.4 is 10.6 Å². The Kier molecular flexibility index (Phi) is 5.15. The fourth-order valence-corrected chi connectivity index (χ4v) is 1.38. The summed E-state index contributed by atoms with van der Waals surface area (Å²) in [6.07, 6.45) is 1.61. The average molecular weight is 260 g/mol. The molecule has 1 amide bonds. The molecule has 0 saturated carbocycles. The molecule has 17 heavy (non-hydrogen) atoms. The molecule has 1 heterocycles. The molecule has 1 rings (SSSR count). The number of aromatic nitrogens is 1. The van der Waals surface area contributed by atoms with Gasteiger partial charge < -0.3 is 10.6 Å². The molecule has 6 heteroatoms. The van der Waals surface area contributed by atoms with Crippen LogP contribution in [0.4, 0.5) is 10.2 Å². The van der Waals surface area contributed by atoms with Gasteiger partial charge in [0.15, 0.2) is 11.6 Å². The van der Waals surface area contributed by atoms with Crippen LogP contribution in [0.1, 0.15) is 20.3 Å². The summed E-state index contributed by atoms with van der Waals surface area (Å²) in [4.78, 5) is 15.1. The quantitative estimate of drug-likeness (QED) is 0.852. The zero-order chi connectivity index (χ0) is 12.8. The second-order valence-electron chi connectivity index (χ2n) is 3.88. The Morgan fingerprint density at radius 2 is 2.29 bits per heavy atom. The lowest BCUT2D eigenvalue weighted by molar-refractivity contribution is -0.121. The molecule has 1 aromatic rings. The molecule has 0 atom stereocenters. The third-order valence-corrected chi connectivity index (χ3v) is 2.11. The third kappa shape index (κ3) is 4.99. The van der Waals surface area contributed by atoms with Crippen molar-refractivity contribution >= 4 is 23.3 Å². The number of halogens is 2. The molecular formula is C11H15ClFN3O. The van der Waals surface area contributed by atoms with Gasteiger partial charge in [0, 0.05) is 25.2 Å². The smallest absolute Gasteiger partial charge is 0.221 e. The van der Waals surface area contributed by atoms with Crippen LogP contribution in [0.2, 0.25) is 5.02 Å². The minimum absolute atomic E-state index is 0.0816. The van der Waals surface area contributed by atoms with Gasteiger partial charge in [0.25, 0.3) is 0 Å². The number of rotatable bonds is 5. The lowest BCUT2D eigenvalue weighted by Crippen LogP contribution is -2.31. The van der Waals surface area contributed by atoms with Crippen LogP contribution >= 0.6 is 11.6 Å². The first-order chi connectivity index (χ1) is 7.99. The Balaban J connectivity index is 2.38. The number of carbonyl (C=O) groups is 1. The predicted molar refractivity (Wildman–Crippen MR) is 65.6 cm³/mol. The highest BCUT2D eigenvalue weighted by atomic mass is 35.5. The maximum absolute atomic E-state index is 13.3. The molecular weight excluding hydrogens is 245 g/mol. The van der Waals surface area contributed by atoms with Crippen LogP contribution in [0, 0.1) is 5.82 Å². The lowest BCUT2D eigenvalue weighted by atomic mass is 10.3. The molecule has 4 nitrogen and oxygen atoms in total. The van der Waals surface area contributed by atoms with Crippen molar-refractivity contribution in [3.63, 3.8) is 0 Å². The molecule has 0 saturated heterocycles. The molecule has 0 spiro atoms. The molecule has 0 bridgehead atoms. The summed E-state index contributed by atoms with van der Waals surface area (Å²) < 4.78 is 13.3. The lowest BCUT2D eigenvalue weighted by Gasteiger charge is -2.09. The molecule has 0 radical (unpaired) electrons. The van der Waals surface area contributed by atoms with Gasteiger partial charge in [-0.2, -0.15) is 0 Å². The Morgan fingerprint density at radius 1 is 1.59 bits per heavy atom. The fourth-order valence-electron chi connectivity index (χ4n) is 1.23. The van der Waals surface area contributed by atoms with E-state index in [-0.39, 0.29) is 29.2 Å². The largest absolute Gasteiger partial charge is 0.367 e. The molecule has 0 aliphatic carbocycles. The number of hydrogen-bond donors (Lipinski definition) is 2. The van der Waals surface area contributed by atoms with Crippen molar-refractivity contribution in [2.24, 2.45) is 0 Å². The normalized spacial score (nSPS) is 10.4. The third-order valence-electron chi connectivity index (χ3n) is 1.90. The molecule has 2 N–H and O–H groups in total. The summed E-state index contributed by atoms with van der Waals surface area (Å²) in [5, 5.41) is 5.72. The summed E-state index contributed by atoms with van der Waals surface area (Å²) >= 11 is 5.56. The zero-order valence-corrected chi connectivity index (χ0v) is 10.5. The van der Waals surface area contributed by atoms with E-state index < -0.39 is 5.82 Å². The van der Waals surface area contributed by atoms with Crippen molar-refractivity contribution in [1.82, 2.24) is 10.3 Å². The van der Waals surface area contributed by atoms with Gasteiger partial charge in [0.05, 0.1) is 5.02 Å². The minimum Gasteiger partial charge on any atom is -0.367 e. The fraction of sp³-hybridized carbons (Fsp3) is 0.455. The Morgan fingerprint density at radius 3 is 2.88 bits per heavy atom. The van der Waals surface area contributed by atoms with Crippen LogP contribution in [0.15, 0.2) is 12.3 Å². The van der Waals surface area contributed by atoms with Crippen LogP contribution in [-0.4, -0.2) is 23.5 Å². The van der Waals surface area contributed by atoms with Gasteiger partial charge in [0.1, 0.15) is 0 Å². The zero-order valence-electron chi connectivity index (χ0n) is 9.76. The summed E-state index contributed by atoms with van der Waals surface area (Å²) in [6, 6.07) is 1.28. The molecule has 0 aliphatic heterocycles. The van der Waals surface area contributed by atoms with Gasteiger partial charge in [-0.3, -0.25) is 4.79 Å². The first kappa shape index (κ1) is 13.7. The first-order valence-electron chi connectivity index (χ1n) is 5.33. The van der Waals surface area contributed by atoms with Gasteiger partial charge in [-0.05, 0) is 19.9 Å². The highest BCUT2D eigenvalue weighted by Gasteiger charge is 2.06. The van der Waals surface area contributed by atoms with E-state index >= 15 is 0 Å². The van der Waals surface area contributed by atoms with E-state index in [2.05, 4.69) is 15.6 Å². The molecule has 0 fully saturated rings. The second-order valence-corrected chi connectivity index (χ2v) is 4.32. The average Bonchev–Trinajstić information content (AvgIpc) is 2.20. The molecule has 1 aromatic heterocycles. The highest BCUT2D eigenvalue weighted by molar-refractivity contribution is 6.30. The standard InChI is InChI=1S/C11H15ClFN3O/c1-7(2)16-10(17)3-4-14-11-9(13)5-8(12)6-15-11/h5-7H,3-4H2,1-2H3,(H,14,15)(H,16,17). The van der Waals surface area contributed by atoms with Crippen LogP contribution in [0.5, 0.6) is 0 Å². The van der Waals surface area contributed by atoms with Crippen molar-refractivity contribution in [2.75, 3.05) is 11.9 Å². The first-order valence-corrected chi connectivity index (χ1v) is 5.71. The Hall–Kier alpha value is -1.36. The number of hydrogen-bond acceptors (Lipinski definition) is 3. The molecule has 0 aromatic carbocycles. The monoisotopic (exact) mass is 259 g/mol. The van der Waals surface area contributed by atoms with Crippen LogP contribution in [0.25, 0.3) is 0 Å². The summed E-state index contributed by atoms with van der Waals surface area (Å²) in [5.41, 5.74) is 0. The van der Waals surface area contributed by atoms with E-state index in [1.807, 2.05) is 13.8 Å². The predicted octanol–water partition coefficient (Wildman–Crippen LogP) is 2.20. The second kappa shape index (κ2) is 6.39. The van der Waals surface area contributed by atoms with Crippen LogP contribution in [0.3, 0.4) is 0 Å². The van der Waals surface area contributed by atoms with Gasteiger partial charge >= 0.3 is 0 Å². The number of anilines is 1. The Labute approximate surface area is 105 Å². The van der Waals surface area contributed by atoms with E-state index in [0.29, 0.717) is 6.54 Å². The van der Waals surface area contributed by atoms with E-state index in [9.17, 15) is 9.18 Å². The van der Waals surface area contributed by atoms with Crippen molar-refractivity contribution in [3.8, 4) is 0 Å². The highest BCUT2D eigenvalue weighted by Crippen LogP contribution is 2.15. The van der Waals surface area contributed by atoms with E-state index in [1.165, 1.54) is 12.3 Å². The summed E-state index contributed by atoms with van der Waals surface area (Å²) in [7, 11) is 0. The maximum Gasteiger partial charge on any atom is 0.221 e. The number of carbonyl (C=O) groups excluding carboxylic acids is 1. The summed E-state index contributed by atoms with van der Waals surface area (Å²) in [5.74, 6) is -0.504. The van der Waals surface area contributed by atoms with Gasteiger partial charge in [0.2, 0.25) is 5.91 Å².